The molecule has 1 fully saturated rings. The van der Waals surface area contributed by atoms with Gasteiger partial charge in [-0.2, -0.15) is 5.10 Å². The Morgan fingerprint density at radius 2 is 2.00 bits per heavy atom. The van der Waals surface area contributed by atoms with Crippen molar-refractivity contribution in [2.45, 2.75) is 19.8 Å². The maximum atomic E-state index is 12.8. The molecule has 3 aromatic rings. The van der Waals surface area contributed by atoms with E-state index in [0.29, 0.717) is 17.4 Å². The number of aromatic nitrogens is 4. The fourth-order valence-corrected chi connectivity index (χ4v) is 3.56. The van der Waals surface area contributed by atoms with Gasteiger partial charge in [0.1, 0.15) is 0 Å². The van der Waals surface area contributed by atoms with Crippen LogP contribution in [0.3, 0.4) is 0 Å². The second-order valence-electron chi connectivity index (χ2n) is 6.89. The number of anilines is 2. The first kappa shape index (κ1) is 18.4. The molecule has 1 aliphatic rings. The molecule has 1 aromatic carbocycles. The minimum absolute atomic E-state index is 0.0104. The van der Waals surface area contributed by atoms with Crippen LogP contribution in [-0.2, 0) is 4.79 Å². The Bertz CT molecular complexity index is 957. The van der Waals surface area contributed by atoms with Crippen molar-refractivity contribution in [1.82, 2.24) is 20.0 Å². The number of halogens is 1. The number of piperidine rings is 1. The van der Waals surface area contributed by atoms with E-state index in [2.05, 4.69) is 25.5 Å². The lowest BCUT2D eigenvalue weighted by Gasteiger charge is -2.32. The van der Waals surface area contributed by atoms with Crippen molar-refractivity contribution >= 4 is 29.0 Å². The van der Waals surface area contributed by atoms with Gasteiger partial charge in [-0.05, 0) is 55.7 Å². The zero-order valence-electron chi connectivity index (χ0n) is 15.5. The summed E-state index contributed by atoms with van der Waals surface area (Å²) in [7, 11) is 0. The van der Waals surface area contributed by atoms with Crippen LogP contribution in [0.5, 0.6) is 0 Å². The molecule has 3 heterocycles. The molecule has 1 atom stereocenters. The van der Waals surface area contributed by atoms with Crippen molar-refractivity contribution in [2.75, 3.05) is 23.3 Å². The summed E-state index contributed by atoms with van der Waals surface area (Å²) >= 11 is 6.16. The molecule has 0 aliphatic carbocycles. The van der Waals surface area contributed by atoms with Crippen LogP contribution >= 0.6 is 11.6 Å². The number of hydrogen-bond acceptors (Lipinski definition) is 5. The van der Waals surface area contributed by atoms with Crippen LogP contribution < -0.4 is 10.2 Å². The average Bonchev–Trinajstić information content (AvgIpc) is 3.26. The predicted molar refractivity (Wildman–Crippen MR) is 109 cm³/mol. The van der Waals surface area contributed by atoms with Crippen LogP contribution in [-0.4, -0.2) is 39.0 Å². The van der Waals surface area contributed by atoms with Crippen molar-refractivity contribution < 1.29 is 4.79 Å². The van der Waals surface area contributed by atoms with Gasteiger partial charge in [0.25, 0.3) is 0 Å². The number of amides is 1. The second kappa shape index (κ2) is 7.98. The molecular formula is C20H21ClN6O. The Morgan fingerprint density at radius 3 is 2.75 bits per heavy atom. The summed E-state index contributed by atoms with van der Waals surface area (Å²) in [6.45, 7) is 3.37. The van der Waals surface area contributed by atoms with E-state index in [1.54, 1.807) is 10.9 Å². The maximum Gasteiger partial charge on any atom is 0.229 e. The third-order valence-electron chi connectivity index (χ3n) is 5.02. The number of benzene rings is 1. The third kappa shape index (κ3) is 3.84. The number of rotatable bonds is 4. The Morgan fingerprint density at radius 1 is 1.18 bits per heavy atom. The van der Waals surface area contributed by atoms with Gasteiger partial charge in [0, 0.05) is 36.2 Å². The number of hydrogen-bond donors (Lipinski definition) is 1. The van der Waals surface area contributed by atoms with E-state index in [1.165, 1.54) is 0 Å². The molecule has 2 aromatic heterocycles. The largest absolute Gasteiger partial charge is 0.354 e. The van der Waals surface area contributed by atoms with Gasteiger partial charge in [0.05, 0.1) is 5.92 Å². The molecule has 0 spiro atoms. The quantitative estimate of drug-likeness (QED) is 0.730. The van der Waals surface area contributed by atoms with Crippen LogP contribution in [0.1, 0.15) is 18.4 Å². The lowest BCUT2D eigenvalue weighted by molar-refractivity contribution is -0.120. The molecule has 0 radical (unpaired) electrons. The van der Waals surface area contributed by atoms with Crippen LogP contribution in [0.25, 0.3) is 5.82 Å². The first-order chi connectivity index (χ1) is 13.6. The van der Waals surface area contributed by atoms with Gasteiger partial charge < -0.3 is 10.2 Å². The summed E-state index contributed by atoms with van der Waals surface area (Å²) in [6.07, 6.45) is 5.30. The molecule has 144 valence electrons. The van der Waals surface area contributed by atoms with Gasteiger partial charge >= 0.3 is 0 Å². The minimum atomic E-state index is -0.111. The average molecular weight is 397 g/mol. The lowest BCUT2D eigenvalue weighted by atomic mass is 9.97. The summed E-state index contributed by atoms with van der Waals surface area (Å²) in [4.78, 5) is 14.9. The molecule has 4 rings (SSSR count). The van der Waals surface area contributed by atoms with E-state index in [4.69, 9.17) is 11.6 Å². The minimum Gasteiger partial charge on any atom is -0.354 e. The second-order valence-corrected chi connectivity index (χ2v) is 7.29. The smallest absolute Gasteiger partial charge is 0.229 e. The van der Waals surface area contributed by atoms with Gasteiger partial charge in [-0.3, -0.25) is 4.79 Å². The Balaban J connectivity index is 1.44. The number of carbonyl (C=O) groups is 1. The highest BCUT2D eigenvalue weighted by atomic mass is 35.5. The molecule has 1 N–H and O–H groups in total. The Kier molecular flexibility index (Phi) is 5.25. The molecule has 28 heavy (non-hydrogen) atoms. The molecule has 0 saturated carbocycles. The predicted octanol–water partition coefficient (Wildman–Crippen LogP) is 3.48. The molecular weight excluding hydrogens is 376 g/mol. The summed E-state index contributed by atoms with van der Waals surface area (Å²) in [6, 6.07) is 11.2. The van der Waals surface area contributed by atoms with Crippen molar-refractivity contribution in [2.24, 2.45) is 5.92 Å². The van der Waals surface area contributed by atoms with Crippen molar-refractivity contribution in [1.29, 1.82) is 0 Å². The Hall–Kier alpha value is -2.93. The van der Waals surface area contributed by atoms with E-state index < -0.39 is 0 Å². The van der Waals surface area contributed by atoms with Crippen molar-refractivity contribution in [3.8, 4) is 5.82 Å². The Labute approximate surface area is 168 Å². The maximum absolute atomic E-state index is 12.8. The zero-order valence-corrected chi connectivity index (χ0v) is 16.3. The summed E-state index contributed by atoms with van der Waals surface area (Å²) < 4.78 is 1.66. The fourth-order valence-electron chi connectivity index (χ4n) is 3.39. The van der Waals surface area contributed by atoms with Gasteiger partial charge in [-0.25, -0.2) is 4.68 Å². The summed E-state index contributed by atoms with van der Waals surface area (Å²) in [5.74, 6) is 1.33. The summed E-state index contributed by atoms with van der Waals surface area (Å²) in [5.41, 5.74) is 1.64. The fraction of sp³-hybridized carbons (Fsp3) is 0.300. The summed E-state index contributed by atoms with van der Waals surface area (Å²) in [5, 5.41) is 16.4. The van der Waals surface area contributed by atoms with E-state index in [9.17, 15) is 4.79 Å². The van der Waals surface area contributed by atoms with E-state index in [1.807, 2.05) is 49.5 Å². The standard InChI is InChI=1S/C20H21ClN6O/c1-14-16(21)6-2-7-17(14)23-20(28)15-5-3-11-26(13-15)18-8-9-19(25-24-18)27-12-4-10-22-27/h2,4,6-10,12,15H,3,5,11,13H2,1H3,(H,23,28)/t15-/m1/s1. The molecule has 1 aliphatic heterocycles. The topological polar surface area (TPSA) is 75.9 Å². The molecule has 1 amide bonds. The number of nitrogens with one attached hydrogen (secondary N) is 1. The van der Waals surface area contributed by atoms with E-state index in [0.717, 1.165) is 36.5 Å². The van der Waals surface area contributed by atoms with Crippen LogP contribution in [0, 0.1) is 12.8 Å². The highest BCUT2D eigenvalue weighted by Gasteiger charge is 2.27. The van der Waals surface area contributed by atoms with Crippen molar-refractivity contribution in [3.05, 3.63) is 59.4 Å². The third-order valence-corrected chi connectivity index (χ3v) is 5.43. The van der Waals surface area contributed by atoms with Crippen LogP contribution in [0.2, 0.25) is 5.02 Å². The lowest BCUT2D eigenvalue weighted by Crippen LogP contribution is -2.41. The SMILES string of the molecule is Cc1c(Cl)cccc1NC(=O)[C@@H]1CCCN(c2ccc(-n3cccn3)nn2)C1. The normalized spacial score (nSPS) is 16.8. The number of nitrogens with zero attached hydrogens (tertiary/aromatic N) is 5. The van der Waals surface area contributed by atoms with E-state index >= 15 is 0 Å². The first-order valence-corrected chi connectivity index (χ1v) is 9.64. The highest BCUT2D eigenvalue weighted by molar-refractivity contribution is 6.31. The number of carbonyl (C=O) groups excluding carboxylic acids is 1. The van der Waals surface area contributed by atoms with E-state index in [-0.39, 0.29) is 11.8 Å². The molecule has 8 heteroatoms. The van der Waals surface area contributed by atoms with Crippen LogP contribution in [0.15, 0.2) is 48.8 Å². The monoisotopic (exact) mass is 396 g/mol. The van der Waals surface area contributed by atoms with Gasteiger partial charge in [0.2, 0.25) is 5.91 Å². The van der Waals surface area contributed by atoms with Gasteiger partial charge in [0.15, 0.2) is 11.6 Å². The zero-order chi connectivity index (χ0) is 19.5. The molecule has 7 nitrogen and oxygen atoms in total. The van der Waals surface area contributed by atoms with Gasteiger partial charge in [-0.15, -0.1) is 10.2 Å². The van der Waals surface area contributed by atoms with Gasteiger partial charge in [-0.1, -0.05) is 17.7 Å². The first-order valence-electron chi connectivity index (χ1n) is 9.26. The molecule has 0 unspecified atom stereocenters. The molecule has 1 saturated heterocycles. The van der Waals surface area contributed by atoms with Crippen LogP contribution in [0.4, 0.5) is 11.5 Å². The van der Waals surface area contributed by atoms with Crippen molar-refractivity contribution in [3.63, 3.8) is 0 Å². The molecule has 0 bridgehead atoms. The highest BCUT2D eigenvalue weighted by Crippen LogP contribution is 2.26.